The summed E-state index contributed by atoms with van der Waals surface area (Å²) in [5.41, 5.74) is 4.66. The van der Waals surface area contributed by atoms with Gasteiger partial charge in [0.25, 0.3) is 5.91 Å². The van der Waals surface area contributed by atoms with E-state index in [-0.39, 0.29) is 29.0 Å². The third-order valence-corrected chi connectivity index (χ3v) is 7.04. The van der Waals surface area contributed by atoms with Gasteiger partial charge in [-0.2, -0.15) is 5.26 Å². The number of hydrogen-bond donors (Lipinski definition) is 3. The van der Waals surface area contributed by atoms with Gasteiger partial charge in [-0.1, -0.05) is 53.6 Å². The summed E-state index contributed by atoms with van der Waals surface area (Å²) >= 11 is 6.39. The highest BCUT2D eigenvalue weighted by Crippen LogP contribution is 2.27. The fraction of sp³-hybridized carbons (Fsp3) is 0.219. The van der Waals surface area contributed by atoms with Crippen LogP contribution in [0.4, 0.5) is 0 Å². The number of benzene rings is 3. The first-order valence-corrected chi connectivity index (χ1v) is 13.3. The molecule has 0 fully saturated rings. The number of amides is 2. The smallest absolute Gasteiger partial charge is 0.253 e. The zero-order chi connectivity index (χ0) is 28.6. The summed E-state index contributed by atoms with van der Waals surface area (Å²) in [6.07, 6.45) is 0.254. The van der Waals surface area contributed by atoms with Crippen LogP contribution in [0, 0.1) is 18.3 Å². The average Bonchev–Trinajstić information content (AvgIpc) is 3.45. The third-order valence-electron chi connectivity index (χ3n) is 6.71. The maximum Gasteiger partial charge on any atom is 0.253 e. The van der Waals surface area contributed by atoms with Gasteiger partial charge >= 0.3 is 0 Å². The first-order valence-electron chi connectivity index (χ1n) is 13.0. The number of nitrogens with zero attached hydrogens (tertiary/aromatic N) is 1. The number of furan rings is 1. The summed E-state index contributed by atoms with van der Waals surface area (Å²) in [5.74, 6) is 0.547. The molecule has 1 aromatic heterocycles. The summed E-state index contributed by atoms with van der Waals surface area (Å²) in [6, 6.07) is 25.5. The Morgan fingerprint density at radius 2 is 1.73 bits per heavy atom. The van der Waals surface area contributed by atoms with Gasteiger partial charge in [0.15, 0.2) is 0 Å². The van der Waals surface area contributed by atoms with Gasteiger partial charge < -0.3 is 20.4 Å². The SMILES string of the molecule is CNC(=O)C(Cc1ccc(C#N)cc1)NC(=O)c1cc(-c2ccc(CNC(C)c3ccc(C)cc3)o2)ccc1Cl. The van der Waals surface area contributed by atoms with E-state index < -0.39 is 11.9 Å². The molecule has 2 amide bonds. The van der Waals surface area contributed by atoms with Crippen LogP contribution in [0.2, 0.25) is 5.02 Å². The Labute approximate surface area is 239 Å². The Balaban J connectivity index is 1.45. The van der Waals surface area contributed by atoms with Gasteiger partial charge in [-0.15, -0.1) is 0 Å². The van der Waals surface area contributed by atoms with Crippen molar-refractivity contribution in [3.8, 4) is 17.4 Å². The first-order chi connectivity index (χ1) is 19.3. The van der Waals surface area contributed by atoms with E-state index in [1.54, 1.807) is 42.5 Å². The Kier molecular flexibility index (Phi) is 9.39. The molecular weight excluding hydrogens is 524 g/mol. The van der Waals surface area contributed by atoms with Crippen molar-refractivity contribution in [1.82, 2.24) is 16.0 Å². The van der Waals surface area contributed by atoms with E-state index in [1.807, 2.05) is 12.1 Å². The van der Waals surface area contributed by atoms with Crippen molar-refractivity contribution in [2.24, 2.45) is 0 Å². The average molecular weight is 555 g/mol. The van der Waals surface area contributed by atoms with E-state index in [2.05, 4.69) is 60.1 Å². The van der Waals surface area contributed by atoms with Gasteiger partial charge in [0.05, 0.1) is 28.8 Å². The van der Waals surface area contributed by atoms with Gasteiger partial charge in [0.2, 0.25) is 5.91 Å². The second-order valence-corrected chi connectivity index (χ2v) is 10.0. The highest BCUT2D eigenvalue weighted by atomic mass is 35.5. The lowest BCUT2D eigenvalue weighted by molar-refractivity contribution is -0.122. The van der Waals surface area contributed by atoms with Crippen molar-refractivity contribution in [2.75, 3.05) is 7.05 Å². The maximum atomic E-state index is 13.2. The number of likely N-dealkylation sites (N-methyl/N-ethyl adjacent to an activating group) is 1. The van der Waals surface area contributed by atoms with Gasteiger partial charge in [0.1, 0.15) is 17.6 Å². The predicted molar refractivity (Wildman–Crippen MR) is 156 cm³/mol. The number of nitrogens with one attached hydrogen (secondary N) is 3. The minimum absolute atomic E-state index is 0.150. The Hall–Kier alpha value is -4.38. The zero-order valence-corrected chi connectivity index (χ0v) is 23.4. The summed E-state index contributed by atoms with van der Waals surface area (Å²) in [4.78, 5) is 25.8. The van der Waals surface area contributed by atoms with Crippen LogP contribution in [0.3, 0.4) is 0 Å². The van der Waals surface area contributed by atoms with Crippen molar-refractivity contribution in [2.45, 2.75) is 38.9 Å². The number of nitriles is 1. The number of aryl methyl sites for hydroxylation is 1. The minimum Gasteiger partial charge on any atom is -0.460 e. The summed E-state index contributed by atoms with van der Waals surface area (Å²) in [5, 5.41) is 18.1. The molecule has 4 rings (SSSR count). The second-order valence-electron chi connectivity index (χ2n) is 9.63. The van der Waals surface area contributed by atoms with Crippen LogP contribution >= 0.6 is 11.6 Å². The Morgan fingerprint density at radius 3 is 2.40 bits per heavy atom. The van der Waals surface area contributed by atoms with Crippen LogP contribution < -0.4 is 16.0 Å². The van der Waals surface area contributed by atoms with Crippen LogP contribution in [0.25, 0.3) is 11.3 Å². The molecule has 2 atom stereocenters. The van der Waals surface area contributed by atoms with Crippen LogP contribution in [0.1, 0.15) is 51.3 Å². The third kappa shape index (κ3) is 7.17. The lowest BCUT2D eigenvalue weighted by Gasteiger charge is -2.18. The molecule has 204 valence electrons. The molecule has 40 heavy (non-hydrogen) atoms. The molecule has 3 N–H and O–H groups in total. The molecule has 1 heterocycles. The summed E-state index contributed by atoms with van der Waals surface area (Å²) in [7, 11) is 1.51. The Bertz CT molecular complexity index is 1520. The molecule has 0 aliphatic heterocycles. The monoisotopic (exact) mass is 554 g/mol. The lowest BCUT2D eigenvalue weighted by atomic mass is 10.0. The quantitative estimate of drug-likeness (QED) is 0.232. The molecule has 0 saturated carbocycles. The van der Waals surface area contributed by atoms with Crippen LogP contribution in [-0.2, 0) is 17.8 Å². The van der Waals surface area contributed by atoms with Crippen LogP contribution in [0.5, 0.6) is 0 Å². The molecular formula is C32H31ClN4O3. The molecule has 0 radical (unpaired) electrons. The molecule has 0 aliphatic carbocycles. The molecule has 3 aromatic carbocycles. The molecule has 0 aliphatic rings. The lowest BCUT2D eigenvalue weighted by Crippen LogP contribution is -2.47. The molecule has 2 unspecified atom stereocenters. The molecule has 0 spiro atoms. The number of carbonyl (C=O) groups is 2. The van der Waals surface area contributed by atoms with Gasteiger partial charge in [-0.05, 0) is 67.4 Å². The second kappa shape index (κ2) is 13.1. The number of carbonyl (C=O) groups excluding carboxylic acids is 2. The van der Waals surface area contributed by atoms with Crippen molar-refractivity contribution < 1.29 is 14.0 Å². The standard InChI is InChI=1S/C32H31ClN4O3/c1-20-4-10-24(11-5-20)21(2)36-19-26-13-15-30(40-26)25-12-14-28(33)27(17-25)31(38)37-29(32(39)35-3)16-22-6-8-23(18-34)9-7-22/h4-15,17,21,29,36H,16,19H2,1-3H3,(H,35,39)(H,37,38). The fourth-order valence-corrected chi connectivity index (χ4v) is 4.48. The van der Waals surface area contributed by atoms with Gasteiger partial charge in [-0.3, -0.25) is 9.59 Å². The molecule has 0 bridgehead atoms. The van der Waals surface area contributed by atoms with E-state index in [4.69, 9.17) is 21.3 Å². The summed E-state index contributed by atoms with van der Waals surface area (Å²) < 4.78 is 6.06. The number of halogens is 1. The number of hydrogen-bond acceptors (Lipinski definition) is 5. The van der Waals surface area contributed by atoms with Gasteiger partial charge in [-0.25, -0.2) is 0 Å². The van der Waals surface area contributed by atoms with E-state index >= 15 is 0 Å². The topological polar surface area (TPSA) is 107 Å². The molecule has 7 nitrogen and oxygen atoms in total. The van der Waals surface area contributed by atoms with E-state index in [0.29, 0.717) is 23.4 Å². The number of rotatable bonds is 10. The highest BCUT2D eigenvalue weighted by Gasteiger charge is 2.23. The van der Waals surface area contributed by atoms with Crippen LogP contribution in [-0.4, -0.2) is 24.9 Å². The van der Waals surface area contributed by atoms with E-state index in [1.165, 1.54) is 18.2 Å². The van der Waals surface area contributed by atoms with Crippen molar-refractivity contribution >= 4 is 23.4 Å². The largest absolute Gasteiger partial charge is 0.460 e. The maximum absolute atomic E-state index is 13.2. The van der Waals surface area contributed by atoms with E-state index in [0.717, 1.165) is 11.3 Å². The molecule has 0 saturated heterocycles. The highest BCUT2D eigenvalue weighted by molar-refractivity contribution is 6.34. The molecule has 4 aromatic rings. The molecule has 8 heteroatoms. The first kappa shape index (κ1) is 28.6. The van der Waals surface area contributed by atoms with Crippen molar-refractivity contribution in [3.05, 3.63) is 117 Å². The van der Waals surface area contributed by atoms with Gasteiger partial charge in [0, 0.05) is 25.1 Å². The Morgan fingerprint density at radius 1 is 1.00 bits per heavy atom. The van der Waals surface area contributed by atoms with Crippen molar-refractivity contribution in [1.29, 1.82) is 5.26 Å². The summed E-state index contributed by atoms with van der Waals surface area (Å²) in [6.45, 7) is 4.71. The zero-order valence-electron chi connectivity index (χ0n) is 22.6. The predicted octanol–water partition coefficient (Wildman–Crippen LogP) is 5.72. The normalized spacial score (nSPS) is 12.3. The minimum atomic E-state index is -0.832. The fourth-order valence-electron chi connectivity index (χ4n) is 4.28. The van der Waals surface area contributed by atoms with E-state index in [9.17, 15) is 9.59 Å². The van der Waals surface area contributed by atoms with Crippen molar-refractivity contribution in [3.63, 3.8) is 0 Å². The van der Waals surface area contributed by atoms with Crippen LogP contribution in [0.15, 0.2) is 83.3 Å².